The van der Waals surface area contributed by atoms with Crippen molar-refractivity contribution in [2.24, 2.45) is 11.8 Å². The van der Waals surface area contributed by atoms with Gasteiger partial charge in [-0.1, -0.05) is 75.3 Å². The first kappa shape index (κ1) is 12.3. The predicted octanol–water partition coefficient (Wildman–Crippen LogP) is 5.54. The molecule has 0 heterocycles. The topological polar surface area (TPSA) is 0 Å². The highest BCUT2D eigenvalue weighted by Crippen LogP contribution is 2.43. The molecule has 2 aliphatic rings. The molecule has 18 heavy (non-hydrogen) atoms. The summed E-state index contributed by atoms with van der Waals surface area (Å²) in [6, 6.07) is 11.2. The van der Waals surface area contributed by atoms with E-state index in [0.29, 0.717) is 0 Å². The summed E-state index contributed by atoms with van der Waals surface area (Å²) in [6.07, 6.45) is 13.4. The van der Waals surface area contributed by atoms with Crippen LogP contribution in [0.5, 0.6) is 0 Å². The van der Waals surface area contributed by atoms with Crippen LogP contribution < -0.4 is 0 Å². The maximum atomic E-state index is 2.34. The zero-order chi connectivity index (χ0) is 12.2. The Morgan fingerprint density at radius 2 is 1.39 bits per heavy atom. The fourth-order valence-corrected chi connectivity index (χ4v) is 4.29. The van der Waals surface area contributed by atoms with Crippen LogP contribution >= 0.6 is 0 Å². The Morgan fingerprint density at radius 3 is 2.17 bits per heavy atom. The summed E-state index contributed by atoms with van der Waals surface area (Å²) in [5.74, 6) is 2.95. The van der Waals surface area contributed by atoms with Crippen molar-refractivity contribution >= 4 is 0 Å². The summed E-state index contributed by atoms with van der Waals surface area (Å²) in [5.41, 5.74) is 1.60. The molecule has 0 radical (unpaired) electrons. The fraction of sp³-hybridized carbons (Fsp3) is 0.667. The molecule has 2 saturated carbocycles. The van der Waals surface area contributed by atoms with E-state index in [2.05, 4.69) is 30.3 Å². The Hall–Kier alpha value is -0.780. The number of hydrogen-bond acceptors (Lipinski definition) is 0. The summed E-state index contributed by atoms with van der Waals surface area (Å²) in [6.45, 7) is 0. The van der Waals surface area contributed by atoms with Gasteiger partial charge in [0.2, 0.25) is 0 Å². The highest BCUT2D eigenvalue weighted by atomic mass is 14.3. The van der Waals surface area contributed by atoms with Crippen molar-refractivity contribution in [1.29, 1.82) is 0 Å². The molecule has 0 heteroatoms. The van der Waals surface area contributed by atoms with E-state index in [4.69, 9.17) is 0 Å². The SMILES string of the molecule is c1ccc([C@@H]2CCC[C@H](C3CCCCC3)C2)cc1. The number of hydrogen-bond donors (Lipinski definition) is 0. The summed E-state index contributed by atoms with van der Waals surface area (Å²) < 4.78 is 0. The van der Waals surface area contributed by atoms with Crippen LogP contribution in [0.3, 0.4) is 0 Å². The lowest BCUT2D eigenvalue weighted by Gasteiger charge is -2.36. The van der Waals surface area contributed by atoms with Gasteiger partial charge in [0.1, 0.15) is 0 Å². The molecule has 0 nitrogen and oxygen atoms in total. The van der Waals surface area contributed by atoms with E-state index < -0.39 is 0 Å². The monoisotopic (exact) mass is 242 g/mol. The van der Waals surface area contributed by atoms with E-state index in [1.54, 1.807) is 5.56 Å². The van der Waals surface area contributed by atoms with E-state index in [1.165, 1.54) is 57.8 Å². The third-order valence-electron chi connectivity index (χ3n) is 5.30. The normalized spacial score (nSPS) is 30.2. The van der Waals surface area contributed by atoms with Gasteiger partial charge in [0.25, 0.3) is 0 Å². The van der Waals surface area contributed by atoms with Crippen molar-refractivity contribution in [3.63, 3.8) is 0 Å². The maximum absolute atomic E-state index is 2.34. The molecule has 0 unspecified atom stereocenters. The third kappa shape index (κ3) is 2.79. The summed E-state index contributed by atoms with van der Waals surface area (Å²) >= 11 is 0. The Balaban J connectivity index is 1.64. The standard InChI is InChI=1S/C18H26/c1-3-8-15(9-4-1)17-12-7-13-18(14-17)16-10-5-2-6-11-16/h1,3-4,8-9,16-18H,2,5-7,10-14H2/t17-,18+/m1/s1. The minimum atomic E-state index is 0.854. The molecular formula is C18H26. The van der Waals surface area contributed by atoms with E-state index in [9.17, 15) is 0 Å². The second kappa shape index (κ2) is 5.91. The Kier molecular flexibility index (Phi) is 4.02. The van der Waals surface area contributed by atoms with Gasteiger partial charge in [-0.25, -0.2) is 0 Å². The molecule has 0 saturated heterocycles. The van der Waals surface area contributed by atoms with Crippen molar-refractivity contribution < 1.29 is 0 Å². The zero-order valence-corrected chi connectivity index (χ0v) is 11.5. The van der Waals surface area contributed by atoms with Gasteiger partial charge in [-0.15, -0.1) is 0 Å². The van der Waals surface area contributed by atoms with E-state index in [0.717, 1.165) is 17.8 Å². The number of benzene rings is 1. The largest absolute Gasteiger partial charge is 0.0622 e. The lowest BCUT2D eigenvalue weighted by Crippen LogP contribution is -2.23. The van der Waals surface area contributed by atoms with E-state index in [-0.39, 0.29) is 0 Å². The van der Waals surface area contributed by atoms with Gasteiger partial charge < -0.3 is 0 Å². The average Bonchev–Trinajstić information content (AvgIpc) is 2.49. The molecule has 98 valence electrons. The maximum Gasteiger partial charge on any atom is -0.0159 e. The number of rotatable bonds is 2. The molecule has 0 N–H and O–H groups in total. The smallest absolute Gasteiger partial charge is 0.0159 e. The van der Waals surface area contributed by atoms with Crippen molar-refractivity contribution in [3.05, 3.63) is 35.9 Å². The lowest BCUT2D eigenvalue weighted by molar-refractivity contribution is 0.183. The minimum absolute atomic E-state index is 0.854. The Labute approximate surface area is 112 Å². The highest BCUT2D eigenvalue weighted by molar-refractivity contribution is 5.20. The van der Waals surface area contributed by atoms with Crippen molar-refractivity contribution in [1.82, 2.24) is 0 Å². The van der Waals surface area contributed by atoms with Crippen LogP contribution in [-0.4, -0.2) is 0 Å². The van der Waals surface area contributed by atoms with Gasteiger partial charge >= 0.3 is 0 Å². The zero-order valence-electron chi connectivity index (χ0n) is 11.5. The van der Waals surface area contributed by atoms with Gasteiger partial charge in [0.05, 0.1) is 0 Å². The van der Waals surface area contributed by atoms with E-state index >= 15 is 0 Å². The molecule has 1 aromatic rings. The first-order valence-electron chi connectivity index (χ1n) is 7.98. The van der Waals surface area contributed by atoms with Crippen LogP contribution in [0, 0.1) is 11.8 Å². The van der Waals surface area contributed by atoms with Gasteiger partial charge in [-0.2, -0.15) is 0 Å². The highest BCUT2D eigenvalue weighted by Gasteiger charge is 2.29. The van der Waals surface area contributed by atoms with Crippen LogP contribution in [0.1, 0.15) is 69.3 Å². The second-order valence-corrected chi connectivity index (χ2v) is 6.43. The molecule has 0 amide bonds. The first-order chi connectivity index (χ1) is 8.93. The molecule has 3 rings (SSSR count). The van der Waals surface area contributed by atoms with Gasteiger partial charge in [-0.3, -0.25) is 0 Å². The predicted molar refractivity (Wildman–Crippen MR) is 77.7 cm³/mol. The van der Waals surface area contributed by atoms with Crippen molar-refractivity contribution in [3.8, 4) is 0 Å². The molecule has 0 spiro atoms. The van der Waals surface area contributed by atoms with Crippen LogP contribution in [0.25, 0.3) is 0 Å². The molecule has 2 atom stereocenters. The van der Waals surface area contributed by atoms with Crippen LogP contribution in [0.2, 0.25) is 0 Å². The second-order valence-electron chi connectivity index (χ2n) is 6.43. The first-order valence-corrected chi connectivity index (χ1v) is 7.98. The average molecular weight is 242 g/mol. The molecule has 2 aliphatic carbocycles. The van der Waals surface area contributed by atoms with Crippen LogP contribution in [0.15, 0.2) is 30.3 Å². The van der Waals surface area contributed by atoms with Crippen molar-refractivity contribution in [2.75, 3.05) is 0 Å². The van der Waals surface area contributed by atoms with Crippen LogP contribution in [0.4, 0.5) is 0 Å². The van der Waals surface area contributed by atoms with Gasteiger partial charge in [0.15, 0.2) is 0 Å². The summed E-state index contributed by atoms with van der Waals surface area (Å²) in [7, 11) is 0. The molecule has 1 aromatic carbocycles. The lowest BCUT2D eigenvalue weighted by atomic mass is 9.69. The summed E-state index contributed by atoms with van der Waals surface area (Å²) in [5, 5.41) is 0. The molecule has 0 aromatic heterocycles. The quantitative estimate of drug-likeness (QED) is 0.638. The summed E-state index contributed by atoms with van der Waals surface area (Å²) in [4.78, 5) is 0. The van der Waals surface area contributed by atoms with Gasteiger partial charge in [0, 0.05) is 0 Å². The molecule has 2 fully saturated rings. The van der Waals surface area contributed by atoms with Crippen molar-refractivity contribution in [2.45, 2.75) is 63.7 Å². The molecular weight excluding hydrogens is 216 g/mol. The van der Waals surface area contributed by atoms with Gasteiger partial charge in [-0.05, 0) is 36.2 Å². The van der Waals surface area contributed by atoms with E-state index in [1.807, 2.05) is 0 Å². The molecule has 0 bridgehead atoms. The van der Waals surface area contributed by atoms with Crippen LogP contribution in [-0.2, 0) is 0 Å². The molecule has 0 aliphatic heterocycles. The minimum Gasteiger partial charge on any atom is -0.0622 e. The Bertz CT molecular complexity index is 348. The Morgan fingerprint density at radius 1 is 0.667 bits per heavy atom. The third-order valence-corrected chi connectivity index (χ3v) is 5.30. The fourth-order valence-electron chi connectivity index (χ4n) is 4.29.